The zero-order valence-corrected chi connectivity index (χ0v) is 17.5. The van der Waals surface area contributed by atoms with Gasteiger partial charge >= 0.3 is 0 Å². The summed E-state index contributed by atoms with van der Waals surface area (Å²) in [5.41, 5.74) is 4.45. The van der Waals surface area contributed by atoms with Gasteiger partial charge in [0.25, 0.3) is 0 Å². The van der Waals surface area contributed by atoms with E-state index in [1.165, 1.54) is 6.92 Å². The molecule has 0 aliphatic heterocycles. The number of aromatic nitrogens is 2. The van der Waals surface area contributed by atoms with Crippen LogP contribution in [0.5, 0.6) is 0 Å². The monoisotopic (exact) mass is 412 g/mol. The summed E-state index contributed by atoms with van der Waals surface area (Å²) in [6, 6.07) is 24.7. The van der Waals surface area contributed by atoms with Crippen molar-refractivity contribution in [2.24, 2.45) is 7.05 Å². The van der Waals surface area contributed by atoms with Gasteiger partial charge in [-0.05, 0) is 35.4 Å². The number of fused-ring (bicyclic) bond motifs is 1. The van der Waals surface area contributed by atoms with Crippen LogP contribution < -0.4 is 10.6 Å². The Morgan fingerprint density at radius 2 is 1.61 bits per heavy atom. The zero-order valence-electron chi connectivity index (χ0n) is 17.5. The van der Waals surface area contributed by atoms with Crippen molar-refractivity contribution in [3.8, 4) is 0 Å². The van der Waals surface area contributed by atoms with Gasteiger partial charge in [0.15, 0.2) is 0 Å². The van der Waals surface area contributed by atoms with E-state index in [9.17, 15) is 9.59 Å². The van der Waals surface area contributed by atoms with Gasteiger partial charge in [-0.2, -0.15) is 0 Å². The Morgan fingerprint density at radius 3 is 2.29 bits per heavy atom. The quantitative estimate of drug-likeness (QED) is 0.503. The van der Waals surface area contributed by atoms with E-state index >= 15 is 0 Å². The highest BCUT2D eigenvalue weighted by Gasteiger charge is 2.22. The Kier molecular flexibility index (Phi) is 5.80. The predicted molar refractivity (Wildman–Crippen MR) is 122 cm³/mol. The van der Waals surface area contributed by atoms with Crippen molar-refractivity contribution < 1.29 is 9.59 Å². The summed E-state index contributed by atoms with van der Waals surface area (Å²) in [6.45, 7) is 1.46. The second-order valence-electron chi connectivity index (χ2n) is 7.48. The minimum Gasteiger partial charge on any atom is -0.342 e. The molecule has 1 atom stereocenters. The molecule has 0 radical (unpaired) electrons. The van der Waals surface area contributed by atoms with Gasteiger partial charge in [-0.3, -0.25) is 9.59 Å². The molecular weight excluding hydrogens is 388 g/mol. The number of benzene rings is 3. The SMILES string of the molecule is CC(=O)Nc1ccc(CC(=O)NC(c2ccccc2)c2nc3ccccc3n2C)cc1. The second kappa shape index (κ2) is 8.83. The van der Waals surface area contributed by atoms with Gasteiger partial charge in [0.1, 0.15) is 11.9 Å². The fraction of sp³-hybridized carbons (Fsp3) is 0.160. The molecule has 0 fully saturated rings. The molecule has 2 N–H and O–H groups in total. The fourth-order valence-electron chi connectivity index (χ4n) is 3.67. The lowest BCUT2D eigenvalue weighted by molar-refractivity contribution is -0.121. The van der Waals surface area contributed by atoms with Gasteiger partial charge in [0.2, 0.25) is 11.8 Å². The minimum absolute atomic E-state index is 0.104. The van der Waals surface area contributed by atoms with Crippen molar-refractivity contribution in [3.05, 3.63) is 95.8 Å². The van der Waals surface area contributed by atoms with Crippen LogP contribution in [0.2, 0.25) is 0 Å². The fourth-order valence-corrected chi connectivity index (χ4v) is 3.67. The van der Waals surface area contributed by atoms with Crippen molar-refractivity contribution >= 4 is 28.5 Å². The third-order valence-electron chi connectivity index (χ3n) is 5.16. The maximum atomic E-state index is 12.9. The molecule has 0 saturated carbocycles. The van der Waals surface area contributed by atoms with Crippen LogP contribution in [0.3, 0.4) is 0 Å². The summed E-state index contributed by atoms with van der Waals surface area (Å²) in [6.07, 6.45) is 0.230. The zero-order chi connectivity index (χ0) is 21.8. The summed E-state index contributed by atoms with van der Waals surface area (Å²) >= 11 is 0. The minimum atomic E-state index is -0.371. The van der Waals surface area contributed by atoms with E-state index in [0.29, 0.717) is 5.69 Å². The number of hydrogen-bond donors (Lipinski definition) is 2. The molecule has 0 bridgehead atoms. The first kappa shape index (κ1) is 20.3. The molecule has 0 aliphatic carbocycles. The summed E-state index contributed by atoms with van der Waals surface area (Å²) in [5, 5.41) is 5.88. The highest BCUT2D eigenvalue weighted by atomic mass is 16.2. The largest absolute Gasteiger partial charge is 0.342 e. The van der Waals surface area contributed by atoms with Crippen LogP contribution in [0.25, 0.3) is 11.0 Å². The lowest BCUT2D eigenvalue weighted by atomic mass is 10.1. The molecule has 156 valence electrons. The molecule has 1 aromatic heterocycles. The number of amides is 2. The van der Waals surface area contributed by atoms with E-state index in [-0.39, 0.29) is 24.3 Å². The van der Waals surface area contributed by atoms with Gasteiger partial charge in [-0.15, -0.1) is 0 Å². The maximum Gasteiger partial charge on any atom is 0.225 e. The number of carbonyl (C=O) groups is 2. The van der Waals surface area contributed by atoms with Crippen molar-refractivity contribution in [1.82, 2.24) is 14.9 Å². The van der Waals surface area contributed by atoms with E-state index < -0.39 is 0 Å². The molecular formula is C25H24N4O2. The Balaban J connectivity index is 1.58. The van der Waals surface area contributed by atoms with Gasteiger partial charge in [-0.1, -0.05) is 54.6 Å². The maximum absolute atomic E-state index is 12.9. The molecule has 3 aromatic carbocycles. The molecule has 6 nitrogen and oxygen atoms in total. The van der Waals surface area contributed by atoms with Crippen LogP contribution in [-0.2, 0) is 23.1 Å². The number of nitrogens with one attached hydrogen (secondary N) is 2. The highest BCUT2D eigenvalue weighted by molar-refractivity contribution is 5.88. The molecule has 31 heavy (non-hydrogen) atoms. The van der Waals surface area contributed by atoms with Gasteiger partial charge < -0.3 is 15.2 Å². The smallest absolute Gasteiger partial charge is 0.225 e. The third kappa shape index (κ3) is 4.64. The lowest BCUT2D eigenvalue weighted by Crippen LogP contribution is -2.32. The van der Waals surface area contributed by atoms with Crippen LogP contribution >= 0.6 is 0 Å². The number of rotatable bonds is 6. The molecule has 4 aromatic rings. The molecule has 2 amide bonds. The lowest BCUT2D eigenvalue weighted by Gasteiger charge is -2.19. The number of hydrogen-bond acceptors (Lipinski definition) is 3. The van der Waals surface area contributed by atoms with E-state index in [4.69, 9.17) is 4.98 Å². The molecule has 0 spiro atoms. The Morgan fingerprint density at radius 1 is 0.935 bits per heavy atom. The molecule has 1 heterocycles. The number of carbonyl (C=O) groups excluding carboxylic acids is 2. The van der Waals surface area contributed by atoms with Crippen molar-refractivity contribution in [1.29, 1.82) is 0 Å². The highest BCUT2D eigenvalue weighted by Crippen LogP contribution is 2.25. The third-order valence-corrected chi connectivity index (χ3v) is 5.16. The number of para-hydroxylation sites is 2. The van der Waals surface area contributed by atoms with Crippen LogP contribution in [0, 0.1) is 0 Å². The Bertz CT molecular complexity index is 1210. The average molecular weight is 412 g/mol. The number of nitrogens with zero attached hydrogens (tertiary/aromatic N) is 2. The number of aryl methyl sites for hydroxylation is 1. The summed E-state index contributed by atoms with van der Waals surface area (Å²) in [4.78, 5) is 28.9. The summed E-state index contributed by atoms with van der Waals surface area (Å²) in [5.74, 6) is 0.550. The van der Waals surface area contributed by atoms with Crippen LogP contribution in [0.4, 0.5) is 5.69 Å². The topological polar surface area (TPSA) is 76.0 Å². The van der Waals surface area contributed by atoms with Crippen LogP contribution in [-0.4, -0.2) is 21.4 Å². The normalized spacial score (nSPS) is 11.8. The Hall–Kier alpha value is -3.93. The van der Waals surface area contributed by atoms with Crippen molar-refractivity contribution in [2.45, 2.75) is 19.4 Å². The first-order chi connectivity index (χ1) is 15.0. The molecule has 6 heteroatoms. The first-order valence-electron chi connectivity index (χ1n) is 10.1. The van der Waals surface area contributed by atoms with E-state index in [0.717, 1.165) is 28.0 Å². The van der Waals surface area contributed by atoms with Gasteiger partial charge in [0, 0.05) is 19.7 Å². The van der Waals surface area contributed by atoms with E-state index in [1.54, 1.807) is 12.1 Å². The number of imidazole rings is 1. The van der Waals surface area contributed by atoms with E-state index in [2.05, 4.69) is 10.6 Å². The standard InChI is InChI=1S/C25H24N4O2/c1-17(30)26-20-14-12-18(13-15-20)16-23(31)28-24(19-8-4-3-5-9-19)25-27-21-10-6-7-11-22(21)29(25)2/h3-15,24H,16H2,1-2H3,(H,26,30)(H,28,31). The molecule has 0 aliphatic rings. The van der Waals surface area contributed by atoms with Crippen LogP contribution in [0.15, 0.2) is 78.9 Å². The second-order valence-corrected chi connectivity index (χ2v) is 7.48. The van der Waals surface area contributed by atoms with Gasteiger partial charge in [-0.25, -0.2) is 4.98 Å². The average Bonchev–Trinajstić information content (AvgIpc) is 3.10. The predicted octanol–water partition coefficient (Wildman–Crippen LogP) is 3.98. The van der Waals surface area contributed by atoms with E-state index in [1.807, 2.05) is 78.3 Å². The Labute approximate surface area is 180 Å². The van der Waals surface area contributed by atoms with Crippen molar-refractivity contribution in [2.75, 3.05) is 5.32 Å². The molecule has 4 rings (SSSR count). The summed E-state index contributed by atoms with van der Waals surface area (Å²) < 4.78 is 2.02. The summed E-state index contributed by atoms with van der Waals surface area (Å²) in [7, 11) is 1.97. The van der Waals surface area contributed by atoms with Gasteiger partial charge in [0.05, 0.1) is 17.5 Å². The number of anilines is 1. The molecule has 1 unspecified atom stereocenters. The molecule has 0 saturated heterocycles. The van der Waals surface area contributed by atoms with Crippen LogP contribution in [0.1, 0.15) is 29.9 Å². The first-order valence-corrected chi connectivity index (χ1v) is 10.1. The van der Waals surface area contributed by atoms with Crippen molar-refractivity contribution in [3.63, 3.8) is 0 Å².